The van der Waals surface area contributed by atoms with Gasteiger partial charge in [-0.25, -0.2) is 4.79 Å². The van der Waals surface area contributed by atoms with E-state index in [-0.39, 0.29) is 5.30 Å². The van der Waals surface area contributed by atoms with Gasteiger partial charge in [-0.1, -0.05) is 6.92 Å². The van der Waals surface area contributed by atoms with Gasteiger partial charge in [-0.3, -0.25) is 0 Å². The second kappa shape index (κ2) is 8.27. The monoisotopic (exact) mass is 194 g/mol. The molecule has 0 unspecified atom stereocenters. The van der Waals surface area contributed by atoms with Gasteiger partial charge in [0.05, 0.1) is 6.61 Å². The zero-order chi connectivity index (χ0) is 8.53. The molecular weight excluding hydrogens is 180 g/mol. The van der Waals surface area contributed by atoms with E-state index in [1.807, 2.05) is 13.2 Å². The van der Waals surface area contributed by atoms with Crippen LogP contribution in [0.25, 0.3) is 0 Å². The number of thioether (sulfide) groups is 2. The minimum Gasteiger partial charge on any atom is -0.458 e. The van der Waals surface area contributed by atoms with Crippen LogP contribution in [0.2, 0.25) is 0 Å². The Hall–Kier alpha value is 0.170. The van der Waals surface area contributed by atoms with Gasteiger partial charge in [-0.15, -0.1) is 0 Å². The lowest BCUT2D eigenvalue weighted by molar-refractivity contribution is 0.175. The molecule has 0 radical (unpaired) electrons. The molecule has 0 fully saturated rings. The van der Waals surface area contributed by atoms with Gasteiger partial charge < -0.3 is 4.74 Å². The molecule has 0 amide bonds. The quantitative estimate of drug-likeness (QED) is 0.496. The molecule has 0 aromatic rings. The molecule has 11 heavy (non-hydrogen) atoms. The van der Waals surface area contributed by atoms with Crippen molar-refractivity contribution in [2.75, 3.05) is 24.4 Å². The summed E-state index contributed by atoms with van der Waals surface area (Å²) in [7, 11) is 0. The standard InChI is InChI=1S/C7H14O2S2/c1-3-11-7(8)9-5-4-6-10-2/h3-6H2,1-2H3. The number of hydrogen-bond donors (Lipinski definition) is 0. The molecule has 0 bridgehead atoms. The van der Waals surface area contributed by atoms with Crippen LogP contribution in [0, 0.1) is 0 Å². The lowest BCUT2D eigenvalue weighted by Crippen LogP contribution is -2.00. The number of ether oxygens (including phenoxy) is 1. The second-order valence-corrected chi connectivity index (χ2v) is 4.06. The van der Waals surface area contributed by atoms with Crippen LogP contribution in [-0.2, 0) is 4.74 Å². The van der Waals surface area contributed by atoms with E-state index in [1.54, 1.807) is 11.8 Å². The smallest absolute Gasteiger partial charge is 0.367 e. The molecule has 0 aromatic heterocycles. The first kappa shape index (κ1) is 11.2. The van der Waals surface area contributed by atoms with Crippen LogP contribution >= 0.6 is 23.5 Å². The Morgan fingerprint density at radius 2 is 2.27 bits per heavy atom. The van der Waals surface area contributed by atoms with E-state index in [9.17, 15) is 4.79 Å². The largest absolute Gasteiger partial charge is 0.458 e. The minimum atomic E-state index is -0.145. The maximum atomic E-state index is 10.7. The molecule has 0 aliphatic rings. The second-order valence-electron chi connectivity index (χ2n) is 1.88. The Kier molecular flexibility index (Phi) is 8.40. The summed E-state index contributed by atoms with van der Waals surface area (Å²) in [5.74, 6) is 1.85. The SMILES string of the molecule is CCSC(=O)OCCCSC. The van der Waals surface area contributed by atoms with Crippen molar-refractivity contribution in [3.05, 3.63) is 0 Å². The predicted octanol–water partition coefficient (Wildman–Crippen LogP) is 2.63. The van der Waals surface area contributed by atoms with Crippen LogP contribution in [0.1, 0.15) is 13.3 Å². The van der Waals surface area contributed by atoms with Crippen LogP contribution < -0.4 is 0 Å². The Balaban J connectivity index is 3.04. The normalized spacial score (nSPS) is 9.64. The van der Waals surface area contributed by atoms with Gasteiger partial charge in [0, 0.05) is 5.75 Å². The maximum Gasteiger partial charge on any atom is 0.367 e. The van der Waals surface area contributed by atoms with Crippen molar-refractivity contribution < 1.29 is 9.53 Å². The van der Waals surface area contributed by atoms with Crippen molar-refractivity contribution in [2.24, 2.45) is 0 Å². The fourth-order valence-corrected chi connectivity index (χ4v) is 1.33. The van der Waals surface area contributed by atoms with Crippen LogP contribution in [0.5, 0.6) is 0 Å². The molecule has 0 aliphatic heterocycles. The van der Waals surface area contributed by atoms with E-state index < -0.39 is 0 Å². The minimum absolute atomic E-state index is 0.145. The van der Waals surface area contributed by atoms with Crippen LogP contribution in [0.4, 0.5) is 4.79 Å². The van der Waals surface area contributed by atoms with Crippen molar-refractivity contribution in [3.63, 3.8) is 0 Å². The summed E-state index contributed by atoms with van der Waals surface area (Å²) in [5.41, 5.74) is 0. The third-order valence-corrected chi connectivity index (χ3v) is 2.31. The van der Waals surface area contributed by atoms with E-state index in [4.69, 9.17) is 4.74 Å². The molecule has 0 aliphatic carbocycles. The number of carbonyl (C=O) groups is 1. The summed E-state index contributed by atoms with van der Waals surface area (Å²) in [4.78, 5) is 10.7. The van der Waals surface area contributed by atoms with E-state index in [1.165, 1.54) is 11.8 Å². The third kappa shape index (κ3) is 8.07. The summed E-state index contributed by atoms with van der Waals surface area (Å²) < 4.78 is 4.90. The highest BCUT2D eigenvalue weighted by Gasteiger charge is 1.99. The number of hydrogen-bond acceptors (Lipinski definition) is 4. The van der Waals surface area contributed by atoms with Gasteiger partial charge in [0.15, 0.2) is 0 Å². The highest BCUT2D eigenvalue weighted by Crippen LogP contribution is 2.04. The Morgan fingerprint density at radius 1 is 1.55 bits per heavy atom. The lowest BCUT2D eigenvalue weighted by Gasteiger charge is -2.01. The van der Waals surface area contributed by atoms with Crippen molar-refractivity contribution in [2.45, 2.75) is 13.3 Å². The molecule has 0 spiro atoms. The van der Waals surface area contributed by atoms with Crippen molar-refractivity contribution in [1.29, 1.82) is 0 Å². The van der Waals surface area contributed by atoms with Crippen LogP contribution in [0.3, 0.4) is 0 Å². The van der Waals surface area contributed by atoms with E-state index in [0.29, 0.717) is 6.61 Å². The van der Waals surface area contributed by atoms with E-state index in [0.717, 1.165) is 17.9 Å². The average Bonchev–Trinajstić information content (AvgIpc) is 1.99. The Morgan fingerprint density at radius 3 is 2.82 bits per heavy atom. The molecule has 0 N–H and O–H groups in total. The molecule has 66 valence electrons. The number of carbonyl (C=O) groups excluding carboxylic acids is 1. The summed E-state index contributed by atoms with van der Waals surface area (Å²) in [6, 6.07) is 0. The van der Waals surface area contributed by atoms with Crippen LogP contribution in [0.15, 0.2) is 0 Å². The fraction of sp³-hybridized carbons (Fsp3) is 0.857. The zero-order valence-electron chi connectivity index (χ0n) is 6.96. The Bertz CT molecular complexity index is 107. The topological polar surface area (TPSA) is 26.3 Å². The maximum absolute atomic E-state index is 10.7. The summed E-state index contributed by atoms with van der Waals surface area (Å²) in [5, 5.41) is -0.145. The van der Waals surface area contributed by atoms with Gasteiger partial charge in [0.2, 0.25) is 0 Å². The van der Waals surface area contributed by atoms with Crippen molar-refractivity contribution in [3.8, 4) is 0 Å². The molecule has 0 atom stereocenters. The van der Waals surface area contributed by atoms with E-state index in [2.05, 4.69) is 0 Å². The predicted molar refractivity (Wildman–Crippen MR) is 52.5 cm³/mol. The van der Waals surface area contributed by atoms with Gasteiger partial charge in [-0.2, -0.15) is 11.8 Å². The highest BCUT2D eigenvalue weighted by molar-refractivity contribution is 8.13. The molecular formula is C7H14O2S2. The molecule has 4 heteroatoms. The first-order chi connectivity index (χ1) is 5.31. The lowest BCUT2D eigenvalue weighted by atomic mass is 10.5. The molecule has 0 aromatic carbocycles. The first-order valence-electron chi connectivity index (χ1n) is 3.59. The van der Waals surface area contributed by atoms with Crippen LogP contribution in [-0.4, -0.2) is 29.7 Å². The molecule has 0 saturated heterocycles. The first-order valence-corrected chi connectivity index (χ1v) is 5.97. The third-order valence-electron chi connectivity index (χ3n) is 0.975. The highest BCUT2D eigenvalue weighted by atomic mass is 32.2. The van der Waals surface area contributed by atoms with Gasteiger partial charge in [0.25, 0.3) is 0 Å². The van der Waals surface area contributed by atoms with Gasteiger partial charge in [-0.05, 0) is 30.2 Å². The zero-order valence-corrected chi connectivity index (χ0v) is 8.59. The van der Waals surface area contributed by atoms with E-state index >= 15 is 0 Å². The molecule has 0 saturated carbocycles. The average molecular weight is 194 g/mol. The summed E-state index contributed by atoms with van der Waals surface area (Å²) >= 11 is 2.99. The molecule has 0 rings (SSSR count). The van der Waals surface area contributed by atoms with Crippen molar-refractivity contribution in [1.82, 2.24) is 0 Å². The fourth-order valence-electron chi connectivity index (χ4n) is 0.518. The number of rotatable bonds is 5. The van der Waals surface area contributed by atoms with Gasteiger partial charge >= 0.3 is 5.30 Å². The molecule has 2 nitrogen and oxygen atoms in total. The van der Waals surface area contributed by atoms with Crippen molar-refractivity contribution >= 4 is 28.8 Å². The van der Waals surface area contributed by atoms with Gasteiger partial charge in [0.1, 0.15) is 0 Å². The summed E-state index contributed by atoms with van der Waals surface area (Å²) in [6.07, 6.45) is 3.00. The Labute approximate surface area is 76.5 Å². The summed E-state index contributed by atoms with van der Waals surface area (Å²) in [6.45, 7) is 2.50. The molecule has 0 heterocycles.